The van der Waals surface area contributed by atoms with E-state index in [0.29, 0.717) is 4.90 Å². The van der Waals surface area contributed by atoms with Gasteiger partial charge >= 0.3 is 0 Å². The Morgan fingerprint density at radius 2 is 1.95 bits per heavy atom. The van der Waals surface area contributed by atoms with Crippen LogP contribution in [0.15, 0.2) is 45.7 Å². The molecule has 0 saturated heterocycles. The summed E-state index contributed by atoms with van der Waals surface area (Å²) in [6.45, 7) is 1.88. The maximum Gasteiger partial charge on any atom is 0.175 e. The van der Waals surface area contributed by atoms with Crippen LogP contribution in [-0.2, 0) is 9.84 Å². The molecule has 2 rings (SSSR count). The van der Waals surface area contributed by atoms with Gasteiger partial charge in [0.15, 0.2) is 9.84 Å². The van der Waals surface area contributed by atoms with Gasteiger partial charge in [-0.25, -0.2) is 8.42 Å². The first kappa shape index (κ1) is 13.8. The number of furan rings is 1. The summed E-state index contributed by atoms with van der Waals surface area (Å²) in [5, 5.41) is 3.14. The van der Waals surface area contributed by atoms with E-state index >= 15 is 0 Å². The lowest BCUT2D eigenvalue weighted by atomic mass is 10.1. The molecular formula is C14H17NO3S. The predicted molar refractivity (Wildman–Crippen MR) is 73.9 cm³/mol. The van der Waals surface area contributed by atoms with E-state index in [1.807, 2.05) is 32.2 Å². The molecule has 0 saturated carbocycles. The van der Waals surface area contributed by atoms with Crippen LogP contribution in [0.5, 0.6) is 0 Å². The summed E-state index contributed by atoms with van der Waals surface area (Å²) in [6, 6.07) is 10.5. The second kappa shape index (κ2) is 5.19. The van der Waals surface area contributed by atoms with Crippen LogP contribution >= 0.6 is 0 Å². The average molecular weight is 279 g/mol. The van der Waals surface area contributed by atoms with Gasteiger partial charge in [0.1, 0.15) is 11.5 Å². The number of sulfone groups is 1. The van der Waals surface area contributed by atoms with Gasteiger partial charge in [-0.15, -0.1) is 0 Å². The third-order valence-electron chi connectivity index (χ3n) is 2.95. The highest BCUT2D eigenvalue weighted by Crippen LogP contribution is 2.25. The summed E-state index contributed by atoms with van der Waals surface area (Å²) in [6.07, 6.45) is 1.21. The van der Waals surface area contributed by atoms with Crippen LogP contribution in [0.1, 0.15) is 23.1 Å². The summed E-state index contributed by atoms with van der Waals surface area (Å²) in [4.78, 5) is 0.313. The molecule has 19 heavy (non-hydrogen) atoms. The molecule has 0 amide bonds. The van der Waals surface area contributed by atoms with Crippen molar-refractivity contribution in [2.75, 3.05) is 13.3 Å². The molecule has 1 N–H and O–H groups in total. The van der Waals surface area contributed by atoms with Crippen LogP contribution in [0.4, 0.5) is 0 Å². The van der Waals surface area contributed by atoms with E-state index < -0.39 is 9.84 Å². The molecule has 0 fully saturated rings. The normalized spacial score (nSPS) is 13.4. The molecule has 1 atom stereocenters. The first-order valence-electron chi connectivity index (χ1n) is 5.95. The summed E-state index contributed by atoms with van der Waals surface area (Å²) >= 11 is 0. The van der Waals surface area contributed by atoms with Gasteiger partial charge < -0.3 is 9.73 Å². The zero-order valence-electron chi connectivity index (χ0n) is 11.2. The monoisotopic (exact) mass is 279 g/mol. The second-order valence-corrected chi connectivity index (χ2v) is 6.53. The van der Waals surface area contributed by atoms with Crippen molar-refractivity contribution in [3.8, 4) is 0 Å². The van der Waals surface area contributed by atoms with Crippen molar-refractivity contribution in [2.45, 2.75) is 17.9 Å². The number of hydrogen-bond donors (Lipinski definition) is 1. The summed E-state index contributed by atoms with van der Waals surface area (Å²) in [7, 11) is -1.39. The Labute approximate surface area is 113 Å². The molecule has 0 radical (unpaired) electrons. The zero-order valence-corrected chi connectivity index (χ0v) is 12.0. The maximum absolute atomic E-state index is 11.6. The summed E-state index contributed by atoms with van der Waals surface area (Å²) < 4.78 is 28.8. The van der Waals surface area contributed by atoms with Gasteiger partial charge in [-0.2, -0.15) is 0 Å². The Morgan fingerprint density at radius 3 is 2.47 bits per heavy atom. The number of aryl methyl sites for hydroxylation is 1. The SMILES string of the molecule is CNC(c1cccc(S(C)(=O)=O)c1)c1ccc(C)o1. The van der Waals surface area contributed by atoms with Gasteiger partial charge in [-0.05, 0) is 43.8 Å². The Bertz CT molecular complexity index is 674. The number of benzene rings is 1. The molecule has 1 heterocycles. The minimum absolute atomic E-state index is 0.157. The van der Waals surface area contributed by atoms with Crippen LogP contribution < -0.4 is 5.32 Å². The van der Waals surface area contributed by atoms with Crippen molar-refractivity contribution in [2.24, 2.45) is 0 Å². The van der Waals surface area contributed by atoms with Crippen molar-refractivity contribution in [1.82, 2.24) is 5.32 Å². The lowest BCUT2D eigenvalue weighted by Gasteiger charge is -2.15. The van der Waals surface area contributed by atoms with Gasteiger partial charge in [0.05, 0.1) is 10.9 Å². The molecule has 0 aliphatic rings. The Kier molecular flexibility index (Phi) is 3.78. The van der Waals surface area contributed by atoms with Crippen LogP contribution in [0, 0.1) is 6.92 Å². The van der Waals surface area contributed by atoms with E-state index in [1.165, 1.54) is 6.26 Å². The first-order chi connectivity index (χ1) is 8.91. The van der Waals surface area contributed by atoms with Crippen molar-refractivity contribution < 1.29 is 12.8 Å². The smallest absolute Gasteiger partial charge is 0.175 e. The molecule has 1 aromatic carbocycles. The molecule has 1 unspecified atom stereocenters. The van der Waals surface area contributed by atoms with Gasteiger partial charge in [-0.1, -0.05) is 12.1 Å². The minimum Gasteiger partial charge on any atom is -0.464 e. The highest BCUT2D eigenvalue weighted by atomic mass is 32.2. The standard InChI is InChI=1S/C14H17NO3S/c1-10-7-8-13(18-10)14(15-2)11-5-4-6-12(9-11)19(3,16)17/h4-9,14-15H,1-3H3. The Hall–Kier alpha value is -1.59. The molecule has 102 valence electrons. The fourth-order valence-electron chi connectivity index (χ4n) is 2.01. The van der Waals surface area contributed by atoms with Crippen molar-refractivity contribution in [1.29, 1.82) is 0 Å². The molecular weight excluding hydrogens is 262 g/mol. The van der Waals surface area contributed by atoms with Gasteiger partial charge in [-0.3, -0.25) is 0 Å². The van der Waals surface area contributed by atoms with E-state index in [4.69, 9.17) is 4.42 Å². The summed E-state index contributed by atoms with van der Waals surface area (Å²) in [5.74, 6) is 1.60. The van der Waals surface area contributed by atoms with Gasteiger partial charge in [0.2, 0.25) is 0 Å². The summed E-state index contributed by atoms with van der Waals surface area (Å²) in [5.41, 5.74) is 0.861. The van der Waals surface area contributed by atoms with E-state index in [1.54, 1.807) is 18.2 Å². The van der Waals surface area contributed by atoms with Crippen molar-refractivity contribution in [3.05, 3.63) is 53.5 Å². The number of hydrogen-bond acceptors (Lipinski definition) is 4. The molecule has 0 bridgehead atoms. The lowest BCUT2D eigenvalue weighted by molar-refractivity contribution is 0.444. The number of rotatable bonds is 4. The third-order valence-corrected chi connectivity index (χ3v) is 4.06. The molecule has 0 aliphatic carbocycles. The fraction of sp³-hybridized carbons (Fsp3) is 0.286. The van der Waals surface area contributed by atoms with Crippen LogP contribution in [0.3, 0.4) is 0 Å². The predicted octanol–water partition coefficient (Wildman–Crippen LogP) is 2.30. The number of nitrogens with one attached hydrogen (secondary N) is 1. The second-order valence-electron chi connectivity index (χ2n) is 4.51. The topological polar surface area (TPSA) is 59.3 Å². The average Bonchev–Trinajstić information content (AvgIpc) is 2.76. The van der Waals surface area contributed by atoms with E-state index in [9.17, 15) is 8.42 Å². The van der Waals surface area contributed by atoms with Crippen LogP contribution in [-0.4, -0.2) is 21.7 Å². The zero-order chi connectivity index (χ0) is 14.0. The molecule has 2 aromatic rings. The van der Waals surface area contributed by atoms with Gasteiger partial charge in [0, 0.05) is 6.26 Å². The quantitative estimate of drug-likeness (QED) is 0.933. The third kappa shape index (κ3) is 3.05. The highest BCUT2D eigenvalue weighted by molar-refractivity contribution is 7.90. The van der Waals surface area contributed by atoms with E-state index in [-0.39, 0.29) is 6.04 Å². The van der Waals surface area contributed by atoms with Crippen molar-refractivity contribution in [3.63, 3.8) is 0 Å². The largest absolute Gasteiger partial charge is 0.464 e. The maximum atomic E-state index is 11.6. The molecule has 4 nitrogen and oxygen atoms in total. The lowest BCUT2D eigenvalue weighted by Crippen LogP contribution is -2.17. The first-order valence-corrected chi connectivity index (χ1v) is 7.84. The Morgan fingerprint density at radius 1 is 1.21 bits per heavy atom. The van der Waals surface area contributed by atoms with Gasteiger partial charge in [0.25, 0.3) is 0 Å². The fourth-order valence-corrected chi connectivity index (χ4v) is 2.68. The Balaban J connectivity index is 2.45. The molecule has 0 spiro atoms. The molecule has 5 heteroatoms. The van der Waals surface area contributed by atoms with E-state index in [2.05, 4.69) is 5.32 Å². The molecule has 1 aromatic heterocycles. The minimum atomic E-state index is -3.20. The molecule has 0 aliphatic heterocycles. The van der Waals surface area contributed by atoms with Crippen molar-refractivity contribution >= 4 is 9.84 Å². The van der Waals surface area contributed by atoms with Crippen LogP contribution in [0.2, 0.25) is 0 Å². The van der Waals surface area contributed by atoms with Crippen LogP contribution in [0.25, 0.3) is 0 Å². The highest BCUT2D eigenvalue weighted by Gasteiger charge is 2.17. The van der Waals surface area contributed by atoms with E-state index in [0.717, 1.165) is 17.1 Å².